The number of nitrogens with zero attached hydrogens (tertiary/aromatic N) is 3. The first-order valence-electron chi connectivity index (χ1n) is 7.31. The number of aryl methyl sites for hydroxylation is 1. The van der Waals surface area contributed by atoms with Gasteiger partial charge in [0.2, 0.25) is 5.95 Å². The van der Waals surface area contributed by atoms with Gasteiger partial charge < -0.3 is 5.32 Å². The highest BCUT2D eigenvalue weighted by molar-refractivity contribution is 5.76. The van der Waals surface area contributed by atoms with E-state index in [9.17, 15) is 0 Å². The maximum atomic E-state index is 4.36. The molecule has 0 radical (unpaired) electrons. The SMILES string of the molecule is Cc1ccc([C@@H]2C=C(c3ccccc3)Nc3ncnn32)cc1. The van der Waals surface area contributed by atoms with Crippen LogP contribution in [0.3, 0.4) is 0 Å². The summed E-state index contributed by atoms with van der Waals surface area (Å²) in [6.07, 6.45) is 3.78. The third-order valence-electron chi connectivity index (χ3n) is 3.91. The fourth-order valence-corrected chi connectivity index (χ4v) is 2.72. The Hall–Kier alpha value is -2.88. The third kappa shape index (κ3) is 2.19. The second kappa shape index (κ2) is 5.15. The summed E-state index contributed by atoms with van der Waals surface area (Å²) in [4.78, 5) is 4.33. The van der Waals surface area contributed by atoms with Gasteiger partial charge in [0.15, 0.2) is 0 Å². The molecule has 0 fully saturated rings. The van der Waals surface area contributed by atoms with E-state index in [-0.39, 0.29) is 6.04 Å². The first-order valence-corrected chi connectivity index (χ1v) is 7.31. The summed E-state index contributed by atoms with van der Waals surface area (Å²) in [5.41, 5.74) is 4.66. The van der Waals surface area contributed by atoms with Crippen molar-refractivity contribution in [2.75, 3.05) is 5.32 Å². The van der Waals surface area contributed by atoms with Crippen molar-refractivity contribution in [2.24, 2.45) is 0 Å². The van der Waals surface area contributed by atoms with E-state index in [0.29, 0.717) is 0 Å². The van der Waals surface area contributed by atoms with Crippen molar-refractivity contribution in [3.63, 3.8) is 0 Å². The van der Waals surface area contributed by atoms with Gasteiger partial charge in [-0.25, -0.2) is 4.68 Å². The number of fused-ring (bicyclic) bond motifs is 1. The fourth-order valence-electron chi connectivity index (χ4n) is 2.72. The molecule has 4 rings (SSSR count). The molecule has 4 heteroatoms. The monoisotopic (exact) mass is 288 g/mol. The summed E-state index contributed by atoms with van der Waals surface area (Å²) in [6, 6.07) is 18.9. The Morgan fingerprint density at radius 2 is 1.77 bits per heavy atom. The first kappa shape index (κ1) is 12.8. The quantitative estimate of drug-likeness (QED) is 0.783. The van der Waals surface area contributed by atoms with Crippen LogP contribution < -0.4 is 5.32 Å². The third-order valence-corrected chi connectivity index (χ3v) is 3.91. The molecule has 22 heavy (non-hydrogen) atoms. The lowest BCUT2D eigenvalue weighted by Gasteiger charge is -2.24. The van der Waals surface area contributed by atoms with E-state index < -0.39 is 0 Å². The van der Waals surface area contributed by atoms with Crippen LogP contribution >= 0.6 is 0 Å². The summed E-state index contributed by atoms with van der Waals surface area (Å²) >= 11 is 0. The molecule has 108 valence electrons. The van der Waals surface area contributed by atoms with Gasteiger partial charge in [0.05, 0.1) is 0 Å². The van der Waals surface area contributed by atoms with Crippen molar-refractivity contribution in [1.82, 2.24) is 14.8 Å². The van der Waals surface area contributed by atoms with E-state index in [1.54, 1.807) is 6.33 Å². The standard InChI is InChI=1S/C18H16N4/c1-13-7-9-15(10-8-13)17-11-16(14-5-3-2-4-6-14)21-18-19-12-20-22(17)18/h2-12,17H,1H3,(H,19,20,21)/t17-/m0/s1. The highest BCUT2D eigenvalue weighted by Gasteiger charge is 2.23. The van der Waals surface area contributed by atoms with Crippen LogP contribution in [0.2, 0.25) is 0 Å². The van der Waals surface area contributed by atoms with E-state index in [1.807, 2.05) is 22.9 Å². The molecule has 1 aliphatic heterocycles. The molecule has 0 aliphatic carbocycles. The Bertz CT molecular complexity index is 816. The van der Waals surface area contributed by atoms with Crippen molar-refractivity contribution < 1.29 is 0 Å². The molecule has 0 spiro atoms. The Balaban J connectivity index is 1.81. The first-order chi connectivity index (χ1) is 10.8. The van der Waals surface area contributed by atoms with Gasteiger partial charge >= 0.3 is 0 Å². The van der Waals surface area contributed by atoms with Gasteiger partial charge in [0.1, 0.15) is 12.4 Å². The number of hydrogen-bond donors (Lipinski definition) is 1. The fraction of sp³-hybridized carbons (Fsp3) is 0.111. The van der Waals surface area contributed by atoms with Crippen LogP contribution in [0.25, 0.3) is 5.70 Å². The van der Waals surface area contributed by atoms with Gasteiger partial charge in [-0.2, -0.15) is 10.1 Å². The summed E-state index contributed by atoms with van der Waals surface area (Å²) in [7, 11) is 0. The molecule has 0 amide bonds. The van der Waals surface area contributed by atoms with Crippen LogP contribution in [-0.2, 0) is 0 Å². The molecule has 4 nitrogen and oxygen atoms in total. The molecule has 1 atom stereocenters. The van der Waals surface area contributed by atoms with Crippen molar-refractivity contribution >= 4 is 11.6 Å². The van der Waals surface area contributed by atoms with Crippen LogP contribution in [0, 0.1) is 6.92 Å². The average molecular weight is 288 g/mol. The van der Waals surface area contributed by atoms with Gasteiger partial charge in [-0.05, 0) is 24.1 Å². The molecule has 0 bridgehead atoms. The summed E-state index contributed by atoms with van der Waals surface area (Å²) < 4.78 is 1.91. The normalized spacial score (nSPS) is 16.6. The second-order valence-corrected chi connectivity index (χ2v) is 5.46. The summed E-state index contributed by atoms with van der Waals surface area (Å²) in [5.74, 6) is 0.770. The smallest absolute Gasteiger partial charge is 0.226 e. The van der Waals surface area contributed by atoms with Gasteiger partial charge in [0, 0.05) is 5.70 Å². The van der Waals surface area contributed by atoms with Crippen LogP contribution in [0.4, 0.5) is 5.95 Å². The minimum absolute atomic E-state index is 0.0505. The molecular weight excluding hydrogens is 272 g/mol. The van der Waals surface area contributed by atoms with Crippen LogP contribution in [0.5, 0.6) is 0 Å². The Morgan fingerprint density at radius 1 is 1.00 bits per heavy atom. The number of aromatic nitrogens is 3. The van der Waals surface area contributed by atoms with Gasteiger partial charge in [-0.1, -0.05) is 60.2 Å². The Kier molecular flexibility index (Phi) is 3.00. The zero-order valence-electron chi connectivity index (χ0n) is 12.3. The average Bonchev–Trinajstić information content (AvgIpc) is 3.04. The minimum atomic E-state index is 0.0505. The number of anilines is 1. The Labute approximate surface area is 129 Å². The number of hydrogen-bond acceptors (Lipinski definition) is 3. The van der Waals surface area contributed by atoms with Gasteiger partial charge in [0.25, 0.3) is 0 Å². The summed E-state index contributed by atoms with van der Waals surface area (Å²) in [6.45, 7) is 2.10. The molecule has 0 unspecified atom stereocenters. The highest BCUT2D eigenvalue weighted by Crippen LogP contribution is 2.31. The molecule has 3 aromatic rings. The van der Waals surface area contributed by atoms with E-state index in [0.717, 1.165) is 17.2 Å². The maximum absolute atomic E-state index is 4.36. The molecule has 2 heterocycles. The summed E-state index contributed by atoms with van der Waals surface area (Å²) in [5, 5.41) is 7.72. The van der Waals surface area contributed by atoms with E-state index in [4.69, 9.17) is 0 Å². The van der Waals surface area contributed by atoms with E-state index in [1.165, 1.54) is 11.1 Å². The molecule has 1 aromatic heterocycles. The van der Waals surface area contributed by atoms with E-state index in [2.05, 4.69) is 64.8 Å². The molecular formula is C18H16N4. The lowest BCUT2D eigenvalue weighted by Crippen LogP contribution is -2.20. The maximum Gasteiger partial charge on any atom is 0.226 e. The lowest BCUT2D eigenvalue weighted by molar-refractivity contribution is 0.612. The minimum Gasteiger partial charge on any atom is -0.324 e. The van der Waals surface area contributed by atoms with Crippen molar-refractivity contribution in [1.29, 1.82) is 0 Å². The molecule has 0 saturated carbocycles. The topological polar surface area (TPSA) is 42.7 Å². The van der Waals surface area contributed by atoms with Crippen molar-refractivity contribution in [3.05, 3.63) is 83.7 Å². The molecule has 2 aromatic carbocycles. The zero-order chi connectivity index (χ0) is 14.9. The number of rotatable bonds is 2. The zero-order valence-corrected chi connectivity index (χ0v) is 12.3. The molecule has 0 saturated heterocycles. The molecule has 1 N–H and O–H groups in total. The highest BCUT2D eigenvalue weighted by atomic mass is 15.4. The van der Waals surface area contributed by atoms with E-state index >= 15 is 0 Å². The lowest BCUT2D eigenvalue weighted by atomic mass is 10.0. The number of nitrogens with one attached hydrogen (secondary N) is 1. The predicted octanol–water partition coefficient (Wildman–Crippen LogP) is 3.64. The van der Waals surface area contributed by atoms with Crippen LogP contribution in [0.15, 0.2) is 67.0 Å². The largest absolute Gasteiger partial charge is 0.324 e. The van der Waals surface area contributed by atoms with Crippen LogP contribution in [0.1, 0.15) is 22.7 Å². The van der Waals surface area contributed by atoms with Gasteiger partial charge in [-0.3, -0.25) is 0 Å². The van der Waals surface area contributed by atoms with Crippen molar-refractivity contribution in [2.45, 2.75) is 13.0 Å². The number of allylic oxidation sites excluding steroid dienone is 1. The second-order valence-electron chi connectivity index (χ2n) is 5.46. The van der Waals surface area contributed by atoms with Gasteiger partial charge in [-0.15, -0.1) is 0 Å². The Morgan fingerprint density at radius 3 is 2.55 bits per heavy atom. The molecule has 1 aliphatic rings. The predicted molar refractivity (Wildman–Crippen MR) is 87.4 cm³/mol. The van der Waals surface area contributed by atoms with Crippen molar-refractivity contribution in [3.8, 4) is 0 Å². The number of benzene rings is 2. The van der Waals surface area contributed by atoms with Crippen LogP contribution in [-0.4, -0.2) is 14.8 Å².